The van der Waals surface area contributed by atoms with Gasteiger partial charge in [0.15, 0.2) is 0 Å². The Morgan fingerprint density at radius 1 is 0.839 bits per heavy atom. The summed E-state index contributed by atoms with van der Waals surface area (Å²) in [7, 11) is 1.33. The van der Waals surface area contributed by atoms with Crippen LogP contribution < -0.4 is 4.46 Å². The van der Waals surface area contributed by atoms with E-state index in [9.17, 15) is 13.6 Å². The molecule has 3 aromatic carbocycles. The van der Waals surface area contributed by atoms with Gasteiger partial charge < -0.3 is 0 Å². The number of hydrogen-bond donors (Lipinski definition) is 0. The number of hydrogen-bond acceptors (Lipinski definition) is 2. The second kappa shape index (κ2) is 11.4. The average molecular weight is 483 g/mol. The molecule has 0 saturated heterocycles. The number of allylic oxidation sites excluding steroid dienone is 2. The molecule has 0 spiro atoms. The summed E-state index contributed by atoms with van der Waals surface area (Å²) in [6.45, 7) is 0. The van der Waals surface area contributed by atoms with Crippen molar-refractivity contribution in [1.29, 1.82) is 0 Å². The summed E-state index contributed by atoms with van der Waals surface area (Å²) in [5.41, 5.74) is 3.33. The van der Waals surface area contributed by atoms with Crippen molar-refractivity contribution in [3.05, 3.63) is 119 Å². The average Bonchev–Trinajstić information content (AvgIpc) is 2.80. The fourth-order valence-electron chi connectivity index (χ4n) is 3.09. The fraction of sp³-hybridized carbons (Fsp3) is 0.115. The van der Waals surface area contributed by atoms with E-state index in [-0.39, 0.29) is 26.6 Å². The van der Waals surface area contributed by atoms with Crippen molar-refractivity contribution < 1.29 is 18.3 Å². The number of carbonyl (C=O) groups is 1. The Hall–Kier alpha value is -3.01. The molecule has 2 nitrogen and oxygen atoms in total. The summed E-state index contributed by atoms with van der Waals surface area (Å²) >= 11 is 0.252. The molecular weight excluding hydrogens is 461 g/mol. The maximum absolute atomic E-state index is 13.6. The molecule has 0 atom stereocenters. The third-order valence-corrected chi connectivity index (χ3v) is 6.72. The van der Waals surface area contributed by atoms with Gasteiger partial charge in [-0.25, -0.2) is 0 Å². The summed E-state index contributed by atoms with van der Waals surface area (Å²) in [6, 6.07) is 22.6. The van der Waals surface area contributed by atoms with E-state index in [1.807, 2.05) is 18.2 Å². The molecule has 0 aromatic heterocycles. The summed E-state index contributed by atoms with van der Waals surface area (Å²) in [4.78, 5) is 11.8. The van der Waals surface area contributed by atoms with Crippen molar-refractivity contribution in [1.82, 2.24) is 0 Å². The van der Waals surface area contributed by atoms with Crippen LogP contribution in [0.5, 0.6) is 0 Å². The van der Waals surface area contributed by atoms with Crippen LogP contribution in [0.1, 0.15) is 17.5 Å². The minimum atomic E-state index is -0.455. The standard InChI is InChI=1S/C26H22F2O2Se/c1-30-25(29)16-11-21(17-18-31-24-5-3-2-4-6-24)26(19-7-12-22(27)13-8-19)20-9-14-23(28)15-10-20/h2-16H,17-18H2,1H3/b16-11+. The zero-order valence-electron chi connectivity index (χ0n) is 17.1. The van der Waals surface area contributed by atoms with Gasteiger partial charge in [-0.2, -0.15) is 0 Å². The van der Waals surface area contributed by atoms with E-state index in [2.05, 4.69) is 12.1 Å². The number of methoxy groups -OCH3 is 1. The number of ether oxygens (including phenoxy) is 1. The van der Waals surface area contributed by atoms with Crippen LogP contribution in [0.3, 0.4) is 0 Å². The van der Waals surface area contributed by atoms with Gasteiger partial charge in [0.25, 0.3) is 0 Å². The number of carbonyl (C=O) groups excluding carboxylic acids is 1. The monoisotopic (exact) mass is 484 g/mol. The molecule has 0 fully saturated rings. The Bertz CT molecular complexity index is 1010. The molecule has 158 valence electrons. The van der Waals surface area contributed by atoms with Gasteiger partial charge in [0.05, 0.1) is 0 Å². The van der Waals surface area contributed by atoms with E-state index in [0.717, 1.165) is 27.6 Å². The topological polar surface area (TPSA) is 26.3 Å². The van der Waals surface area contributed by atoms with E-state index in [0.29, 0.717) is 6.42 Å². The van der Waals surface area contributed by atoms with E-state index >= 15 is 0 Å². The van der Waals surface area contributed by atoms with Gasteiger partial charge in [0, 0.05) is 0 Å². The predicted molar refractivity (Wildman–Crippen MR) is 121 cm³/mol. The second-order valence-electron chi connectivity index (χ2n) is 6.68. The Kier molecular flexibility index (Phi) is 8.34. The number of rotatable bonds is 8. The van der Waals surface area contributed by atoms with Crippen LogP contribution in [0.25, 0.3) is 5.57 Å². The van der Waals surface area contributed by atoms with E-state index in [1.165, 1.54) is 41.9 Å². The zero-order valence-corrected chi connectivity index (χ0v) is 18.8. The van der Waals surface area contributed by atoms with Crippen LogP contribution in [0, 0.1) is 11.6 Å². The SMILES string of the molecule is COC(=O)/C=C/C(CC[Se]c1ccccc1)=C(c1ccc(F)cc1)c1ccc(F)cc1. The molecule has 5 heteroatoms. The minimum absolute atomic E-state index is 0.252. The molecule has 0 bridgehead atoms. The molecule has 0 N–H and O–H groups in total. The molecule has 0 aliphatic heterocycles. The first-order valence-electron chi connectivity index (χ1n) is 9.75. The fourth-order valence-corrected chi connectivity index (χ4v) is 5.00. The van der Waals surface area contributed by atoms with Gasteiger partial charge in [-0.05, 0) is 0 Å². The molecule has 0 unspecified atom stereocenters. The molecule has 0 aliphatic rings. The Labute approximate surface area is 187 Å². The van der Waals surface area contributed by atoms with Crippen LogP contribution in [0.15, 0.2) is 96.6 Å². The quantitative estimate of drug-likeness (QED) is 0.187. The van der Waals surface area contributed by atoms with Crippen molar-refractivity contribution in [2.45, 2.75) is 11.7 Å². The second-order valence-corrected chi connectivity index (χ2v) is 9.13. The van der Waals surface area contributed by atoms with Crippen molar-refractivity contribution in [2.75, 3.05) is 7.11 Å². The Morgan fingerprint density at radius 2 is 1.39 bits per heavy atom. The van der Waals surface area contributed by atoms with Gasteiger partial charge in [0.2, 0.25) is 0 Å². The number of halogens is 2. The summed E-state index contributed by atoms with van der Waals surface area (Å²) in [5, 5.41) is 0.906. The van der Waals surface area contributed by atoms with Crippen LogP contribution in [0.2, 0.25) is 5.32 Å². The molecule has 31 heavy (non-hydrogen) atoms. The Balaban J connectivity index is 2.03. The first kappa shape index (κ1) is 22.7. The van der Waals surface area contributed by atoms with E-state index < -0.39 is 5.97 Å². The zero-order chi connectivity index (χ0) is 22.1. The van der Waals surface area contributed by atoms with Crippen molar-refractivity contribution in [3.8, 4) is 0 Å². The molecular formula is C26H22F2O2Se. The third-order valence-electron chi connectivity index (χ3n) is 4.59. The van der Waals surface area contributed by atoms with E-state index in [1.54, 1.807) is 30.3 Å². The van der Waals surface area contributed by atoms with Gasteiger partial charge in [-0.15, -0.1) is 0 Å². The molecule has 3 aromatic rings. The molecule has 0 heterocycles. The number of benzene rings is 3. The van der Waals surface area contributed by atoms with Crippen LogP contribution in [0.4, 0.5) is 8.78 Å². The summed E-state index contributed by atoms with van der Waals surface area (Å²) < 4.78 is 33.2. The molecule has 0 radical (unpaired) electrons. The van der Waals surface area contributed by atoms with Gasteiger partial charge in [0.1, 0.15) is 0 Å². The summed E-state index contributed by atoms with van der Waals surface area (Å²) in [6.07, 6.45) is 3.83. The number of esters is 1. The first-order chi connectivity index (χ1) is 15.1. The van der Waals surface area contributed by atoms with Crippen LogP contribution >= 0.6 is 0 Å². The van der Waals surface area contributed by atoms with Crippen molar-refractivity contribution >= 4 is 31.0 Å². The van der Waals surface area contributed by atoms with Gasteiger partial charge >= 0.3 is 187 Å². The van der Waals surface area contributed by atoms with Crippen LogP contribution in [-0.2, 0) is 9.53 Å². The summed E-state index contributed by atoms with van der Waals surface area (Å²) in [5.74, 6) is -1.12. The molecule has 0 amide bonds. The molecule has 3 rings (SSSR count). The van der Waals surface area contributed by atoms with Crippen molar-refractivity contribution in [2.24, 2.45) is 0 Å². The normalized spacial score (nSPS) is 10.8. The first-order valence-corrected chi connectivity index (χ1v) is 11.8. The molecule has 0 aliphatic carbocycles. The van der Waals surface area contributed by atoms with E-state index in [4.69, 9.17) is 4.74 Å². The predicted octanol–water partition coefficient (Wildman–Crippen LogP) is 5.33. The molecule has 0 saturated carbocycles. The Morgan fingerprint density at radius 3 is 1.90 bits per heavy atom. The van der Waals surface area contributed by atoms with Crippen LogP contribution in [-0.4, -0.2) is 28.0 Å². The van der Waals surface area contributed by atoms with Gasteiger partial charge in [-0.1, -0.05) is 0 Å². The van der Waals surface area contributed by atoms with Gasteiger partial charge in [-0.3, -0.25) is 0 Å². The third kappa shape index (κ3) is 6.74. The maximum atomic E-state index is 13.6. The van der Waals surface area contributed by atoms with Crippen molar-refractivity contribution in [3.63, 3.8) is 0 Å².